The summed E-state index contributed by atoms with van der Waals surface area (Å²) >= 11 is 0. The van der Waals surface area contributed by atoms with E-state index >= 15 is 0 Å². The second kappa shape index (κ2) is 7.81. The number of nitrogens with two attached hydrogens (primary N) is 1. The van der Waals surface area contributed by atoms with Gasteiger partial charge in [0.25, 0.3) is 0 Å². The Labute approximate surface area is 118 Å². The van der Waals surface area contributed by atoms with Crippen LogP contribution in [-0.2, 0) is 11.3 Å². The molecule has 0 aliphatic carbocycles. The lowest BCUT2D eigenvalue weighted by Gasteiger charge is -2.18. The number of hydrogen-bond donors (Lipinski definition) is 2. The van der Waals surface area contributed by atoms with Crippen LogP contribution < -0.4 is 5.73 Å². The molecule has 0 amide bonds. The monoisotopic (exact) mass is 283 g/mol. The molecule has 0 atom stereocenters. The topological polar surface area (TPSA) is 71.1 Å². The summed E-state index contributed by atoms with van der Waals surface area (Å²) in [6.07, 6.45) is 0.184. The zero-order chi connectivity index (χ0) is 15.1. The molecule has 0 fully saturated rings. The molecule has 1 aromatic carbocycles. The number of ether oxygens (including phenoxy) is 1. The lowest BCUT2D eigenvalue weighted by Crippen LogP contribution is -2.25. The van der Waals surface area contributed by atoms with Crippen molar-refractivity contribution in [1.82, 2.24) is 4.90 Å². The molecular formula is C14H22FN3O2. The highest BCUT2D eigenvalue weighted by Gasteiger charge is 2.12. The van der Waals surface area contributed by atoms with Gasteiger partial charge in [-0.15, -0.1) is 0 Å². The quantitative estimate of drug-likeness (QED) is 0.346. The molecule has 0 bridgehead atoms. The van der Waals surface area contributed by atoms with E-state index in [2.05, 4.69) is 5.16 Å². The van der Waals surface area contributed by atoms with Crippen molar-refractivity contribution in [2.75, 3.05) is 20.2 Å². The van der Waals surface area contributed by atoms with Crippen LogP contribution in [0.5, 0.6) is 0 Å². The molecule has 5 nitrogen and oxygen atoms in total. The van der Waals surface area contributed by atoms with E-state index in [0.717, 1.165) is 0 Å². The van der Waals surface area contributed by atoms with Crippen molar-refractivity contribution in [3.63, 3.8) is 0 Å². The molecule has 0 unspecified atom stereocenters. The number of rotatable bonds is 7. The summed E-state index contributed by atoms with van der Waals surface area (Å²) in [5.74, 6) is -0.686. The van der Waals surface area contributed by atoms with Gasteiger partial charge in [0, 0.05) is 18.7 Å². The Morgan fingerprint density at radius 3 is 2.80 bits per heavy atom. The summed E-state index contributed by atoms with van der Waals surface area (Å²) in [5.41, 5.74) is 6.04. The van der Waals surface area contributed by atoms with Gasteiger partial charge in [0.1, 0.15) is 5.82 Å². The first-order chi connectivity index (χ1) is 9.45. The number of nitrogens with zero attached hydrogens (tertiary/aromatic N) is 2. The fourth-order valence-corrected chi connectivity index (χ4v) is 1.77. The van der Waals surface area contributed by atoms with Crippen LogP contribution in [0.25, 0.3) is 0 Å². The van der Waals surface area contributed by atoms with Crippen molar-refractivity contribution in [2.24, 2.45) is 10.9 Å². The van der Waals surface area contributed by atoms with Gasteiger partial charge in [0.2, 0.25) is 0 Å². The third kappa shape index (κ3) is 4.79. The number of likely N-dealkylation sites (N-methyl/N-ethyl adjacent to an activating group) is 1. The van der Waals surface area contributed by atoms with E-state index in [1.165, 1.54) is 6.07 Å². The maximum atomic E-state index is 14.2. The largest absolute Gasteiger partial charge is 0.409 e. The first-order valence-electron chi connectivity index (χ1n) is 6.51. The third-order valence-electron chi connectivity index (χ3n) is 2.83. The Bertz CT molecular complexity index is 464. The van der Waals surface area contributed by atoms with E-state index < -0.39 is 5.82 Å². The van der Waals surface area contributed by atoms with Crippen LogP contribution in [0.2, 0.25) is 0 Å². The number of oxime groups is 1. The second-order valence-corrected chi connectivity index (χ2v) is 4.92. The van der Waals surface area contributed by atoms with E-state index in [-0.39, 0.29) is 17.5 Å². The van der Waals surface area contributed by atoms with Gasteiger partial charge in [0.15, 0.2) is 5.84 Å². The van der Waals surface area contributed by atoms with Gasteiger partial charge in [-0.1, -0.05) is 17.3 Å². The van der Waals surface area contributed by atoms with Gasteiger partial charge in [-0.3, -0.25) is 4.90 Å². The van der Waals surface area contributed by atoms with Crippen molar-refractivity contribution in [1.29, 1.82) is 0 Å². The molecule has 3 N–H and O–H groups in total. The van der Waals surface area contributed by atoms with Crippen molar-refractivity contribution in [3.8, 4) is 0 Å². The number of benzene rings is 1. The summed E-state index contributed by atoms with van der Waals surface area (Å²) in [5, 5.41) is 11.5. The predicted octanol–water partition coefficient (Wildman–Crippen LogP) is 1.78. The van der Waals surface area contributed by atoms with Crippen molar-refractivity contribution >= 4 is 5.84 Å². The average molecular weight is 283 g/mol. The first kappa shape index (κ1) is 16.4. The van der Waals surface area contributed by atoms with Crippen LogP contribution >= 0.6 is 0 Å². The van der Waals surface area contributed by atoms with Crippen LogP contribution in [0, 0.1) is 5.82 Å². The second-order valence-electron chi connectivity index (χ2n) is 4.92. The van der Waals surface area contributed by atoms with Crippen LogP contribution in [0.15, 0.2) is 23.4 Å². The van der Waals surface area contributed by atoms with Gasteiger partial charge in [-0.05, 0) is 27.0 Å². The maximum Gasteiger partial charge on any atom is 0.173 e. The van der Waals surface area contributed by atoms with Gasteiger partial charge in [-0.25, -0.2) is 4.39 Å². The lowest BCUT2D eigenvalue weighted by atomic mass is 10.1. The van der Waals surface area contributed by atoms with E-state index in [1.807, 2.05) is 25.8 Å². The first-order valence-corrected chi connectivity index (χ1v) is 6.51. The summed E-state index contributed by atoms with van der Waals surface area (Å²) in [6.45, 7) is 5.67. The summed E-state index contributed by atoms with van der Waals surface area (Å²) in [6, 6.07) is 4.85. The Morgan fingerprint density at radius 1 is 1.50 bits per heavy atom. The number of halogens is 1. The van der Waals surface area contributed by atoms with E-state index in [1.54, 1.807) is 12.1 Å². The van der Waals surface area contributed by atoms with Gasteiger partial charge >= 0.3 is 0 Å². The zero-order valence-corrected chi connectivity index (χ0v) is 12.1. The molecule has 0 saturated carbocycles. The molecule has 112 valence electrons. The molecule has 0 radical (unpaired) electrons. The highest BCUT2D eigenvalue weighted by atomic mass is 19.1. The Kier molecular flexibility index (Phi) is 6.41. The van der Waals surface area contributed by atoms with E-state index in [9.17, 15) is 4.39 Å². The standard InChI is InChI=1S/C14H22FN3O2/c1-10(2)20-8-7-18(3)9-11-5-4-6-12(13(11)15)14(16)17-19/h4-6,10,19H,7-9H2,1-3H3,(H2,16,17). The summed E-state index contributed by atoms with van der Waals surface area (Å²) in [7, 11) is 1.89. The van der Waals surface area contributed by atoms with E-state index in [4.69, 9.17) is 15.7 Å². The van der Waals surface area contributed by atoms with Crippen LogP contribution in [0.4, 0.5) is 4.39 Å². The third-order valence-corrected chi connectivity index (χ3v) is 2.83. The normalized spacial score (nSPS) is 12.4. The fourth-order valence-electron chi connectivity index (χ4n) is 1.77. The molecule has 0 aliphatic heterocycles. The average Bonchev–Trinajstić information content (AvgIpc) is 2.40. The predicted molar refractivity (Wildman–Crippen MR) is 76.3 cm³/mol. The Morgan fingerprint density at radius 2 is 2.20 bits per heavy atom. The molecule has 20 heavy (non-hydrogen) atoms. The van der Waals surface area contributed by atoms with Crippen LogP contribution in [-0.4, -0.2) is 42.2 Å². The van der Waals surface area contributed by atoms with Gasteiger partial charge < -0.3 is 15.7 Å². The molecule has 0 aliphatic rings. The molecule has 1 aromatic rings. The SMILES string of the molecule is CC(C)OCCN(C)Cc1cccc(/C(N)=N/O)c1F. The number of amidine groups is 1. The molecule has 0 aromatic heterocycles. The Hall–Kier alpha value is -1.66. The summed E-state index contributed by atoms with van der Waals surface area (Å²) in [4.78, 5) is 1.96. The molecule has 0 heterocycles. The molecule has 0 spiro atoms. The summed E-state index contributed by atoms with van der Waals surface area (Å²) < 4.78 is 19.6. The lowest BCUT2D eigenvalue weighted by molar-refractivity contribution is 0.0625. The molecule has 1 rings (SSSR count). The molecular weight excluding hydrogens is 261 g/mol. The van der Waals surface area contributed by atoms with Crippen molar-refractivity contribution in [3.05, 3.63) is 35.1 Å². The van der Waals surface area contributed by atoms with E-state index in [0.29, 0.717) is 25.3 Å². The fraction of sp³-hybridized carbons (Fsp3) is 0.500. The maximum absolute atomic E-state index is 14.2. The minimum Gasteiger partial charge on any atom is -0.409 e. The minimum absolute atomic E-state index is 0.108. The van der Waals surface area contributed by atoms with Gasteiger partial charge in [-0.2, -0.15) is 0 Å². The molecule has 6 heteroatoms. The van der Waals surface area contributed by atoms with Crippen molar-refractivity contribution < 1.29 is 14.3 Å². The van der Waals surface area contributed by atoms with Crippen LogP contribution in [0.1, 0.15) is 25.0 Å². The Balaban J connectivity index is 2.68. The van der Waals surface area contributed by atoms with Crippen molar-refractivity contribution in [2.45, 2.75) is 26.5 Å². The highest BCUT2D eigenvalue weighted by molar-refractivity contribution is 5.97. The molecule has 0 saturated heterocycles. The highest BCUT2D eigenvalue weighted by Crippen LogP contribution is 2.14. The smallest absolute Gasteiger partial charge is 0.173 e. The van der Waals surface area contributed by atoms with Gasteiger partial charge in [0.05, 0.1) is 18.3 Å². The number of hydrogen-bond acceptors (Lipinski definition) is 4. The minimum atomic E-state index is -0.459. The zero-order valence-electron chi connectivity index (χ0n) is 12.1. The van der Waals surface area contributed by atoms with Crippen LogP contribution in [0.3, 0.4) is 0 Å².